The van der Waals surface area contributed by atoms with Crippen molar-refractivity contribution in [3.8, 4) is 5.69 Å². The number of hydrogen-bond donors (Lipinski definition) is 0. The van der Waals surface area contributed by atoms with Crippen LogP contribution >= 0.6 is 15.9 Å². The van der Waals surface area contributed by atoms with Crippen LogP contribution in [-0.4, -0.2) is 46.3 Å². The summed E-state index contributed by atoms with van der Waals surface area (Å²) in [6.07, 6.45) is 1.55. The van der Waals surface area contributed by atoms with E-state index in [-0.39, 0.29) is 5.57 Å². The largest absolute Gasteiger partial charge is 0.333 e. The Bertz CT molecular complexity index is 934. The summed E-state index contributed by atoms with van der Waals surface area (Å²) in [6, 6.07) is 9.18. The molecule has 7 heteroatoms. The van der Waals surface area contributed by atoms with E-state index in [0.717, 1.165) is 36.9 Å². The van der Waals surface area contributed by atoms with Gasteiger partial charge in [-0.05, 0) is 48.0 Å². The number of nitrogens with zero attached hydrogens (tertiary/aromatic N) is 3. The van der Waals surface area contributed by atoms with Crippen molar-refractivity contribution in [2.24, 2.45) is 0 Å². The molecule has 26 heavy (non-hydrogen) atoms. The molecule has 2 aromatic rings. The first-order valence-corrected chi connectivity index (χ1v) is 8.79. The van der Waals surface area contributed by atoms with E-state index in [1.54, 1.807) is 6.08 Å². The molecule has 4 amide bonds. The zero-order valence-electron chi connectivity index (χ0n) is 14.9. The number of likely N-dealkylation sites (N-methyl/N-ethyl adjacent to an activating group) is 2. The van der Waals surface area contributed by atoms with E-state index in [1.807, 2.05) is 48.7 Å². The quantitative estimate of drug-likeness (QED) is 0.558. The molecule has 0 atom stereocenters. The standard InChI is InChI=1S/C19H18BrN3O3/c1-11-14(10-15-17(24)21(3)19(26)22(4)18(15)25)16(20)12(2)23(11)13-8-6-5-7-9-13/h5-10H,1-4H3. The van der Waals surface area contributed by atoms with Crippen molar-refractivity contribution < 1.29 is 14.4 Å². The molecule has 6 nitrogen and oxygen atoms in total. The van der Waals surface area contributed by atoms with Crippen LogP contribution in [0.3, 0.4) is 0 Å². The molecule has 0 aliphatic carbocycles. The third-order valence-electron chi connectivity index (χ3n) is 4.56. The Morgan fingerprint density at radius 1 is 0.885 bits per heavy atom. The van der Waals surface area contributed by atoms with Gasteiger partial charge in [0, 0.05) is 41.2 Å². The van der Waals surface area contributed by atoms with Gasteiger partial charge in [0.25, 0.3) is 11.8 Å². The van der Waals surface area contributed by atoms with E-state index >= 15 is 0 Å². The maximum Gasteiger partial charge on any atom is 0.333 e. The van der Waals surface area contributed by atoms with Gasteiger partial charge in [-0.25, -0.2) is 4.79 Å². The number of halogens is 1. The van der Waals surface area contributed by atoms with E-state index in [0.29, 0.717) is 0 Å². The minimum atomic E-state index is -0.633. The van der Waals surface area contributed by atoms with Crippen LogP contribution in [0.5, 0.6) is 0 Å². The number of amides is 4. The minimum Gasteiger partial charge on any atom is -0.317 e. The molecule has 0 N–H and O–H groups in total. The fourth-order valence-electron chi connectivity index (χ4n) is 3.08. The summed E-state index contributed by atoms with van der Waals surface area (Å²) in [4.78, 5) is 38.7. The van der Waals surface area contributed by atoms with Crippen molar-refractivity contribution in [1.29, 1.82) is 0 Å². The number of para-hydroxylation sites is 1. The lowest BCUT2D eigenvalue weighted by molar-refractivity contribution is -0.134. The van der Waals surface area contributed by atoms with Crippen LogP contribution < -0.4 is 0 Å². The van der Waals surface area contributed by atoms with Crippen LogP contribution in [0.2, 0.25) is 0 Å². The maximum absolute atomic E-state index is 12.4. The predicted molar refractivity (Wildman–Crippen MR) is 102 cm³/mol. The average Bonchev–Trinajstić information content (AvgIpc) is 2.85. The van der Waals surface area contributed by atoms with Gasteiger partial charge in [-0.1, -0.05) is 18.2 Å². The number of carbonyl (C=O) groups excluding carboxylic acids is 3. The maximum atomic E-state index is 12.4. The predicted octanol–water partition coefficient (Wildman–Crippen LogP) is 3.29. The number of hydrogen-bond acceptors (Lipinski definition) is 3. The lowest BCUT2D eigenvalue weighted by Gasteiger charge is -2.28. The second-order valence-electron chi connectivity index (χ2n) is 6.14. The molecule has 134 valence electrons. The van der Waals surface area contributed by atoms with Gasteiger partial charge in [0.1, 0.15) is 5.57 Å². The molecular formula is C19H18BrN3O3. The Balaban J connectivity index is 2.17. The highest BCUT2D eigenvalue weighted by molar-refractivity contribution is 9.10. The SMILES string of the molecule is Cc1c(Br)c(C=C2C(=O)N(C)C(=O)N(C)C2=O)c(C)n1-c1ccccc1. The molecule has 1 aliphatic heterocycles. The van der Waals surface area contributed by atoms with Crippen molar-refractivity contribution in [3.63, 3.8) is 0 Å². The molecule has 1 fully saturated rings. The zero-order chi connectivity index (χ0) is 19.2. The van der Waals surface area contributed by atoms with E-state index in [9.17, 15) is 14.4 Å². The van der Waals surface area contributed by atoms with Crippen molar-refractivity contribution in [1.82, 2.24) is 14.4 Å². The van der Waals surface area contributed by atoms with Gasteiger partial charge in [0.15, 0.2) is 0 Å². The Kier molecular flexibility index (Phi) is 4.58. The van der Waals surface area contributed by atoms with E-state index < -0.39 is 17.8 Å². The first kappa shape index (κ1) is 18.1. The Labute approximate surface area is 159 Å². The lowest BCUT2D eigenvalue weighted by atomic mass is 10.1. The van der Waals surface area contributed by atoms with Gasteiger partial charge >= 0.3 is 6.03 Å². The van der Waals surface area contributed by atoms with Crippen LogP contribution in [0.1, 0.15) is 17.0 Å². The van der Waals surface area contributed by atoms with E-state index in [4.69, 9.17) is 0 Å². The fraction of sp³-hybridized carbons (Fsp3) is 0.211. The van der Waals surface area contributed by atoms with Gasteiger partial charge in [0.05, 0.1) is 0 Å². The summed E-state index contributed by atoms with van der Waals surface area (Å²) < 4.78 is 2.85. The van der Waals surface area contributed by atoms with Crippen LogP contribution in [-0.2, 0) is 9.59 Å². The normalized spacial score (nSPS) is 15.1. The smallest absolute Gasteiger partial charge is 0.317 e. The molecule has 0 bridgehead atoms. The Morgan fingerprint density at radius 3 is 1.96 bits per heavy atom. The third-order valence-corrected chi connectivity index (χ3v) is 5.56. The second kappa shape index (κ2) is 6.57. The molecule has 0 radical (unpaired) electrons. The lowest BCUT2D eigenvalue weighted by Crippen LogP contribution is -2.52. The van der Waals surface area contributed by atoms with Crippen molar-refractivity contribution in [3.05, 3.63) is 57.3 Å². The summed E-state index contributed by atoms with van der Waals surface area (Å²) in [5, 5.41) is 0. The van der Waals surface area contributed by atoms with Gasteiger partial charge in [-0.15, -0.1) is 0 Å². The molecule has 1 aromatic heterocycles. The van der Waals surface area contributed by atoms with Crippen LogP contribution in [0, 0.1) is 13.8 Å². The summed E-state index contributed by atoms with van der Waals surface area (Å²) in [7, 11) is 2.73. The molecule has 0 unspecified atom stereocenters. The minimum absolute atomic E-state index is 0.0383. The highest BCUT2D eigenvalue weighted by atomic mass is 79.9. The van der Waals surface area contributed by atoms with E-state index in [1.165, 1.54) is 14.1 Å². The molecule has 2 heterocycles. The number of aromatic nitrogens is 1. The molecule has 3 rings (SSSR count). The van der Waals surface area contributed by atoms with Gasteiger partial charge < -0.3 is 4.57 Å². The first-order valence-electron chi connectivity index (χ1n) is 8.00. The summed E-state index contributed by atoms with van der Waals surface area (Å²) in [6.45, 7) is 3.88. The molecule has 0 saturated carbocycles. The average molecular weight is 416 g/mol. The summed E-state index contributed by atoms with van der Waals surface area (Å²) in [5.41, 5.74) is 3.52. The number of urea groups is 1. The number of rotatable bonds is 2. The van der Waals surface area contributed by atoms with Crippen LogP contribution in [0.15, 0.2) is 40.4 Å². The van der Waals surface area contributed by atoms with Crippen LogP contribution in [0.25, 0.3) is 11.8 Å². The van der Waals surface area contributed by atoms with Crippen LogP contribution in [0.4, 0.5) is 4.79 Å². The van der Waals surface area contributed by atoms with E-state index in [2.05, 4.69) is 15.9 Å². The molecule has 1 aliphatic rings. The number of carbonyl (C=O) groups is 3. The molecular weight excluding hydrogens is 398 g/mol. The Morgan fingerprint density at radius 2 is 1.42 bits per heavy atom. The number of imide groups is 2. The van der Waals surface area contributed by atoms with Gasteiger partial charge in [-0.2, -0.15) is 0 Å². The Hall–Kier alpha value is -2.67. The van der Waals surface area contributed by atoms with Crippen molar-refractivity contribution >= 4 is 39.9 Å². The van der Waals surface area contributed by atoms with Crippen molar-refractivity contribution in [2.75, 3.05) is 14.1 Å². The van der Waals surface area contributed by atoms with Crippen molar-refractivity contribution in [2.45, 2.75) is 13.8 Å². The first-order chi connectivity index (χ1) is 12.3. The number of barbiturate groups is 1. The number of benzene rings is 1. The molecule has 1 saturated heterocycles. The molecule has 1 aromatic carbocycles. The summed E-state index contributed by atoms with van der Waals surface area (Å²) in [5.74, 6) is -1.20. The molecule has 0 spiro atoms. The highest BCUT2D eigenvalue weighted by Crippen LogP contribution is 2.33. The fourth-order valence-corrected chi connectivity index (χ4v) is 3.65. The highest BCUT2D eigenvalue weighted by Gasteiger charge is 2.38. The zero-order valence-corrected chi connectivity index (χ0v) is 16.5. The van der Waals surface area contributed by atoms with Gasteiger partial charge in [0.2, 0.25) is 0 Å². The third kappa shape index (κ3) is 2.68. The topological polar surface area (TPSA) is 62.6 Å². The summed E-state index contributed by atoms with van der Waals surface area (Å²) >= 11 is 3.58. The monoisotopic (exact) mass is 415 g/mol. The second-order valence-corrected chi connectivity index (χ2v) is 6.93. The van der Waals surface area contributed by atoms with Gasteiger partial charge in [-0.3, -0.25) is 19.4 Å².